The van der Waals surface area contributed by atoms with Gasteiger partial charge in [0.15, 0.2) is 0 Å². The minimum atomic E-state index is -1.10. The Bertz CT molecular complexity index is 1110. The fraction of sp³-hybridized carbons (Fsp3) is 0.464. The third kappa shape index (κ3) is 5.86. The summed E-state index contributed by atoms with van der Waals surface area (Å²) in [6.45, 7) is 6.66. The van der Waals surface area contributed by atoms with E-state index in [1.165, 1.54) is 0 Å². The van der Waals surface area contributed by atoms with Gasteiger partial charge in [-0.25, -0.2) is 4.79 Å². The number of halogens is 2. The molecular weight excluding hydrogens is 497 g/mol. The molecule has 0 saturated carbocycles. The van der Waals surface area contributed by atoms with Crippen molar-refractivity contribution in [3.8, 4) is 6.07 Å². The summed E-state index contributed by atoms with van der Waals surface area (Å²) in [7, 11) is 0. The van der Waals surface area contributed by atoms with Crippen molar-refractivity contribution in [3.05, 3.63) is 69.7 Å². The normalized spacial score (nSPS) is 21.8. The van der Waals surface area contributed by atoms with Gasteiger partial charge in [-0.05, 0) is 60.1 Å². The Morgan fingerprint density at radius 1 is 1.19 bits per heavy atom. The fourth-order valence-electron chi connectivity index (χ4n) is 5.19. The molecule has 0 aliphatic carbocycles. The van der Waals surface area contributed by atoms with Crippen LogP contribution in [0.1, 0.15) is 57.1 Å². The second kappa shape index (κ2) is 11.6. The first-order valence-corrected chi connectivity index (χ1v) is 12.9. The highest BCUT2D eigenvalue weighted by Gasteiger charge is 2.58. The van der Waals surface area contributed by atoms with Crippen molar-refractivity contribution in [1.29, 1.82) is 5.26 Å². The maximum Gasteiger partial charge on any atom is 0.326 e. The molecule has 1 aliphatic rings. The van der Waals surface area contributed by atoms with Crippen molar-refractivity contribution in [2.45, 2.75) is 57.4 Å². The summed E-state index contributed by atoms with van der Waals surface area (Å²) < 4.78 is 0. The number of aliphatic hydroxyl groups is 1. The Kier molecular flexibility index (Phi) is 9.05. The number of aliphatic hydroxyl groups excluding tert-OH is 1. The Morgan fingerprint density at radius 3 is 2.44 bits per heavy atom. The number of hydrogen-bond acceptors (Lipinski definition) is 4. The van der Waals surface area contributed by atoms with E-state index in [9.17, 15) is 14.9 Å². The quantitative estimate of drug-likeness (QED) is 0.335. The predicted octanol–water partition coefficient (Wildman–Crippen LogP) is 6.01. The first kappa shape index (κ1) is 28.0. The van der Waals surface area contributed by atoms with Gasteiger partial charge in [-0.15, -0.1) is 0 Å². The summed E-state index contributed by atoms with van der Waals surface area (Å²) in [5.41, 5.74) is 0.301. The Balaban J connectivity index is 2.20. The highest BCUT2D eigenvalue weighted by molar-refractivity contribution is 6.30. The third-order valence-electron chi connectivity index (χ3n) is 6.82. The Morgan fingerprint density at radius 2 is 1.89 bits per heavy atom. The van der Waals surface area contributed by atoms with Gasteiger partial charge in [0.1, 0.15) is 5.41 Å². The molecule has 0 bridgehead atoms. The molecule has 8 heteroatoms. The zero-order valence-corrected chi connectivity index (χ0v) is 22.5. The standard InChI is InChI=1S/C28H33Cl2N3O3/c1-27(2,3)16-25-28(18-31,21-9-11-22(29)12-10-21)24(20-7-6-8-23(30)15-20)17-33(25)26(36)32(19-35)13-4-5-14-34/h6-12,15,19,24-25,34H,4-5,13-14,16-17H2,1-3H3. The molecule has 1 heterocycles. The van der Waals surface area contributed by atoms with Gasteiger partial charge in [0.25, 0.3) is 0 Å². The van der Waals surface area contributed by atoms with Crippen LogP contribution < -0.4 is 0 Å². The molecule has 36 heavy (non-hydrogen) atoms. The minimum Gasteiger partial charge on any atom is -0.396 e. The van der Waals surface area contributed by atoms with Crippen LogP contribution in [0.25, 0.3) is 0 Å². The van der Waals surface area contributed by atoms with E-state index in [2.05, 4.69) is 26.8 Å². The molecule has 0 aromatic heterocycles. The zero-order valence-electron chi connectivity index (χ0n) is 21.0. The van der Waals surface area contributed by atoms with Crippen LogP contribution in [0.15, 0.2) is 48.5 Å². The van der Waals surface area contributed by atoms with E-state index < -0.39 is 17.5 Å². The van der Waals surface area contributed by atoms with Crippen molar-refractivity contribution in [2.24, 2.45) is 5.41 Å². The van der Waals surface area contributed by atoms with Crippen LogP contribution in [0, 0.1) is 16.7 Å². The van der Waals surface area contributed by atoms with Crippen LogP contribution in [-0.4, -0.2) is 53.1 Å². The molecule has 1 N–H and O–H groups in total. The van der Waals surface area contributed by atoms with Gasteiger partial charge >= 0.3 is 6.03 Å². The van der Waals surface area contributed by atoms with Gasteiger partial charge < -0.3 is 10.0 Å². The maximum atomic E-state index is 13.8. The molecule has 1 aliphatic heterocycles. The van der Waals surface area contributed by atoms with Crippen molar-refractivity contribution < 1.29 is 14.7 Å². The molecule has 6 nitrogen and oxygen atoms in total. The monoisotopic (exact) mass is 529 g/mol. The van der Waals surface area contributed by atoms with Gasteiger partial charge in [0.05, 0.1) is 12.1 Å². The third-order valence-corrected chi connectivity index (χ3v) is 7.31. The smallest absolute Gasteiger partial charge is 0.326 e. The molecular formula is C28H33Cl2N3O3. The maximum absolute atomic E-state index is 13.8. The molecule has 3 amide bonds. The molecule has 0 radical (unpaired) electrons. The second-order valence-electron chi connectivity index (χ2n) is 10.5. The van der Waals surface area contributed by atoms with Crippen LogP contribution in [0.3, 0.4) is 0 Å². The van der Waals surface area contributed by atoms with Crippen molar-refractivity contribution in [2.75, 3.05) is 19.7 Å². The van der Waals surface area contributed by atoms with E-state index in [1.54, 1.807) is 23.1 Å². The lowest BCUT2D eigenvalue weighted by molar-refractivity contribution is -0.116. The number of benzene rings is 2. The van der Waals surface area contributed by atoms with Gasteiger partial charge in [0, 0.05) is 35.7 Å². The number of hydrogen-bond donors (Lipinski definition) is 1. The topological polar surface area (TPSA) is 84.6 Å². The number of imide groups is 1. The predicted molar refractivity (Wildman–Crippen MR) is 142 cm³/mol. The summed E-state index contributed by atoms with van der Waals surface area (Å²) in [5.74, 6) is -0.385. The first-order valence-electron chi connectivity index (χ1n) is 12.1. The highest BCUT2D eigenvalue weighted by Crippen LogP contribution is 2.52. The van der Waals surface area contributed by atoms with Gasteiger partial charge in [-0.1, -0.05) is 68.2 Å². The number of carbonyl (C=O) groups excluding carboxylic acids is 2. The van der Waals surface area contributed by atoms with E-state index in [4.69, 9.17) is 28.3 Å². The number of nitriles is 1. The second-order valence-corrected chi connectivity index (χ2v) is 11.4. The van der Waals surface area contributed by atoms with Crippen molar-refractivity contribution in [3.63, 3.8) is 0 Å². The minimum absolute atomic E-state index is 0.0117. The van der Waals surface area contributed by atoms with E-state index >= 15 is 0 Å². The van der Waals surface area contributed by atoms with Crippen LogP contribution >= 0.6 is 23.2 Å². The largest absolute Gasteiger partial charge is 0.396 e. The fourth-order valence-corrected chi connectivity index (χ4v) is 5.51. The molecule has 3 atom stereocenters. The first-order chi connectivity index (χ1) is 17.1. The number of likely N-dealkylation sites (tertiary alicyclic amines) is 1. The molecule has 2 aromatic carbocycles. The summed E-state index contributed by atoms with van der Waals surface area (Å²) in [6.07, 6.45) is 2.06. The van der Waals surface area contributed by atoms with Gasteiger partial charge in [-0.3, -0.25) is 9.69 Å². The number of urea groups is 1. The number of unbranched alkanes of at least 4 members (excludes halogenated alkanes) is 1. The summed E-state index contributed by atoms with van der Waals surface area (Å²) in [5, 5.41) is 21.2. The molecule has 3 unspecified atom stereocenters. The summed E-state index contributed by atoms with van der Waals surface area (Å²) in [6, 6.07) is 16.3. The van der Waals surface area contributed by atoms with Crippen LogP contribution in [0.5, 0.6) is 0 Å². The van der Waals surface area contributed by atoms with Gasteiger partial charge in [0.2, 0.25) is 6.41 Å². The van der Waals surface area contributed by atoms with Crippen LogP contribution in [0.4, 0.5) is 4.79 Å². The highest BCUT2D eigenvalue weighted by atomic mass is 35.5. The van der Waals surface area contributed by atoms with Crippen molar-refractivity contribution in [1.82, 2.24) is 9.80 Å². The van der Waals surface area contributed by atoms with E-state index in [0.29, 0.717) is 35.7 Å². The lowest BCUT2D eigenvalue weighted by Crippen LogP contribution is -2.51. The molecule has 1 saturated heterocycles. The van der Waals surface area contributed by atoms with E-state index in [0.717, 1.165) is 16.0 Å². The van der Waals surface area contributed by atoms with Crippen LogP contribution in [-0.2, 0) is 10.2 Å². The molecule has 2 aromatic rings. The number of rotatable bonds is 8. The molecule has 0 spiro atoms. The Hall–Kier alpha value is -2.59. The molecule has 1 fully saturated rings. The lowest BCUT2D eigenvalue weighted by atomic mass is 9.64. The SMILES string of the molecule is CC(C)(C)CC1N(C(=O)N(C=O)CCCCO)CC(c2cccc(Cl)c2)C1(C#N)c1ccc(Cl)cc1. The van der Waals surface area contributed by atoms with Crippen LogP contribution in [0.2, 0.25) is 10.0 Å². The zero-order chi connectivity index (χ0) is 26.5. The number of amides is 3. The number of carbonyl (C=O) groups is 2. The van der Waals surface area contributed by atoms with E-state index in [1.807, 2.05) is 30.3 Å². The average Bonchev–Trinajstić information content (AvgIpc) is 3.15. The van der Waals surface area contributed by atoms with E-state index in [-0.39, 0.29) is 31.0 Å². The van der Waals surface area contributed by atoms with Gasteiger partial charge in [-0.2, -0.15) is 5.26 Å². The van der Waals surface area contributed by atoms with Crippen molar-refractivity contribution >= 4 is 35.6 Å². The molecule has 192 valence electrons. The number of nitrogens with zero attached hydrogens (tertiary/aromatic N) is 3. The molecule has 3 rings (SSSR count). The summed E-state index contributed by atoms with van der Waals surface area (Å²) >= 11 is 12.6. The Labute approximate surface area is 223 Å². The average molecular weight is 530 g/mol. The summed E-state index contributed by atoms with van der Waals surface area (Å²) in [4.78, 5) is 28.6. The lowest BCUT2D eigenvalue weighted by Gasteiger charge is -2.40.